The third-order valence-electron chi connectivity index (χ3n) is 5.12. The van der Waals surface area contributed by atoms with Gasteiger partial charge in [-0.05, 0) is 30.7 Å². The van der Waals surface area contributed by atoms with Crippen LogP contribution < -0.4 is 9.47 Å². The average Bonchev–Trinajstić information content (AvgIpc) is 3.26. The molecule has 3 atom stereocenters. The number of hydrogen-bond donors (Lipinski definition) is 0. The van der Waals surface area contributed by atoms with Crippen LogP contribution in [0.25, 0.3) is 0 Å². The fraction of sp³-hybridized carbons (Fsp3) is 0.400. The summed E-state index contributed by atoms with van der Waals surface area (Å²) in [7, 11) is 3.36. The smallest absolute Gasteiger partial charge is 0.166 e. The molecule has 7 heteroatoms. The second-order valence-corrected chi connectivity index (χ2v) is 8.47. The zero-order valence-electron chi connectivity index (χ0n) is 15.6. The minimum Gasteiger partial charge on any atom is -0.493 e. The maximum absolute atomic E-state index is 5.79. The van der Waals surface area contributed by atoms with E-state index in [1.54, 1.807) is 14.2 Å². The Labute approximate surface area is 172 Å². The zero-order chi connectivity index (χ0) is 19.0. The van der Waals surface area contributed by atoms with E-state index in [2.05, 4.69) is 44.9 Å². The molecule has 5 nitrogen and oxygen atoms in total. The van der Waals surface area contributed by atoms with E-state index < -0.39 is 0 Å². The number of ether oxygens (including phenoxy) is 2. The SMILES string of the molecule is CC[C@@H]1CSC2=N[C@H](c3ccccn3)[C@H](c3cc(Br)cc(OC)c3OC)N21. The van der Waals surface area contributed by atoms with Crippen LogP contribution in [-0.2, 0) is 0 Å². The molecule has 3 heterocycles. The first-order chi connectivity index (χ1) is 13.2. The van der Waals surface area contributed by atoms with Gasteiger partial charge in [0, 0.05) is 28.0 Å². The van der Waals surface area contributed by atoms with Gasteiger partial charge in [-0.2, -0.15) is 0 Å². The topological polar surface area (TPSA) is 47.0 Å². The van der Waals surface area contributed by atoms with Crippen LogP contribution in [-0.4, -0.2) is 41.1 Å². The third-order valence-corrected chi connectivity index (χ3v) is 6.70. The van der Waals surface area contributed by atoms with E-state index in [0.717, 1.165) is 44.6 Å². The Morgan fingerprint density at radius 1 is 1.26 bits per heavy atom. The van der Waals surface area contributed by atoms with Crippen LogP contribution in [0.1, 0.15) is 36.7 Å². The highest BCUT2D eigenvalue weighted by molar-refractivity contribution is 9.10. The highest BCUT2D eigenvalue weighted by atomic mass is 79.9. The molecule has 2 aliphatic heterocycles. The van der Waals surface area contributed by atoms with Gasteiger partial charge in [-0.25, -0.2) is 0 Å². The fourth-order valence-electron chi connectivity index (χ4n) is 3.87. The lowest BCUT2D eigenvalue weighted by atomic mass is 9.94. The molecule has 1 fully saturated rings. The number of rotatable bonds is 5. The van der Waals surface area contributed by atoms with Crippen molar-refractivity contribution in [2.45, 2.75) is 31.5 Å². The summed E-state index contributed by atoms with van der Waals surface area (Å²) < 4.78 is 12.3. The average molecular weight is 448 g/mol. The zero-order valence-corrected chi connectivity index (χ0v) is 18.0. The highest BCUT2D eigenvalue weighted by Gasteiger charge is 2.46. The Morgan fingerprint density at radius 2 is 2.11 bits per heavy atom. The molecule has 0 amide bonds. The summed E-state index contributed by atoms with van der Waals surface area (Å²) in [6, 6.07) is 10.5. The summed E-state index contributed by atoms with van der Waals surface area (Å²) in [5.74, 6) is 2.54. The van der Waals surface area contributed by atoms with Crippen molar-refractivity contribution < 1.29 is 9.47 Å². The number of pyridine rings is 1. The number of methoxy groups -OCH3 is 2. The van der Waals surface area contributed by atoms with Gasteiger partial charge in [0.15, 0.2) is 16.7 Å². The van der Waals surface area contributed by atoms with Crippen molar-refractivity contribution in [3.05, 3.63) is 52.3 Å². The summed E-state index contributed by atoms with van der Waals surface area (Å²) in [4.78, 5) is 12.1. The number of nitrogens with zero attached hydrogens (tertiary/aromatic N) is 3. The van der Waals surface area contributed by atoms with E-state index in [9.17, 15) is 0 Å². The predicted octanol–water partition coefficient (Wildman–Crippen LogP) is 4.84. The van der Waals surface area contributed by atoms with Crippen LogP contribution in [0.15, 0.2) is 46.0 Å². The number of thioether (sulfide) groups is 1. The maximum atomic E-state index is 5.79. The summed E-state index contributed by atoms with van der Waals surface area (Å²) in [6.07, 6.45) is 2.91. The summed E-state index contributed by atoms with van der Waals surface area (Å²) in [5, 5.41) is 1.10. The quantitative estimate of drug-likeness (QED) is 0.655. The Kier molecular flexibility index (Phi) is 5.32. The molecule has 0 unspecified atom stereocenters. The Balaban J connectivity index is 1.88. The van der Waals surface area contributed by atoms with Crippen molar-refractivity contribution in [1.82, 2.24) is 9.88 Å². The molecule has 0 N–H and O–H groups in total. The Morgan fingerprint density at radius 3 is 2.78 bits per heavy atom. The molecule has 4 rings (SSSR count). The molecule has 142 valence electrons. The van der Waals surface area contributed by atoms with Crippen molar-refractivity contribution in [2.75, 3.05) is 20.0 Å². The number of aliphatic imine (C=N–C) groups is 1. The van der Waals surface area contributed by atoms with Crippen molar-refractivity contribution in [3.8, 4) is 11.5 Å². The summed E-state index contributed by atoms with van der Waals surface area (Å²) in [5.41, 5.74) is 2.04. The summed E-state index contributed by atoms with van der Waals surface area (Å²) >= 11 is 5.47. The van der Waals surface area contributed by atoms with E-state index in [1.807, 2.05) is 36.2 Å². The second kappa shape index (κ2) is 7.72. The minimum atomic E-state index is -0.0732. The molecule has 0 aliphatic carbocycles. The number of aromatic nitrogens is 1. The van der Waals surface area contributed by atoms with Crippen molar-refractivity contribution in [3.63, 3.8) is 0 Å². The first kappa shape index (κ1) is 18.6. The van der Waals surface area contributed by atoms with Gasteiger partial charge in [0.1, 0.15) is 6.04 Å². The fourth-order valence-corrected chi connectivity index (χ4v) is 5.66. The predicted molar refractivity (Wildman–Crippen MR) is 113 cm³/mol. The Hall–Kier alpha value is -1.73. The van der Waals surface area contributed by atoms with Gasteiger partial charge in [-0.1, -0.05) is 40.7 Å². The van der Waals surface area contributed by atoms with E-state index in [0.29, 0.717) is 6.04 Å². The molecule has 27 heavy (non-hydrogen) atoms. The number of benzene rings is 1. The lowest BCUT2D eigenvalue weighted by Crippen LogP contribution is -2.35. The van der Waals surface area contributed by atoms with Crippen molar-refractivity contribution in [1.29, 1.82) is 0 Å². The standard InChI is InChI=1S/C20H22BrN3O2S/c1-4-13-11-27-20-23-17(15-7-5-6-8-22-15)18(24(13)20)14-9-12(21)10-16(25-2)19(14)26-3/h5-10,13,17-18H,4,11H2,1-3H3/t13-,17-,18+/m1/s1. The molecule has 0 saturated carbocycles. The molecule has 1 aromatic heterocycles. The minimum absolute atomic E-state index is 0.0243. The molecule has 0 spiro atoms. The van der Waals surface area contributed by atoms with Gasteiger partial charge < -0.3 is 14.4 Å². The molecular formula is C20H22BrN3O2S. The second-order valence-electron chi connectivity index (χ2n) is 6.57. The summed E-state index contributed by atoms with van der Waals surface area (Å²) in [6.45, 7) is 2.23. The number of fused-ring (bicyclic) bond motifs is 1. The van der Waals surface area contributed by atoms with Gasteiger partial charge in [0.25, 0.3) is 0 Å². The van der Waals surface area contributed by atoms with E-state index in [4.69, 9.17) is 14.5 Å². The molecule has 1 aromatic carbocycles. The normalized spacial score (nSPS) is 23.9. The number of halogens is 1. The van der Waals surface area contributed by atoms with Crippen LogP contribution >= 0.6 is 27.7 Å². The molecule has 2 aromatic rings. The maximum Gasteiger partial charge on any atom is 0.166 e. The van der Waals surface area contributed by atoms with Crippen LogP contribution in [0.3, 0.4) is 0 Å². The molecule has 0 radical (unpaired) electrons. The van der Waals surface area contributed by atoms with Crippen LogP contribution in [0.2, 0.25) is 0 Å². The number of amidine groups is 1. The molecule has 1 saturated heterocycles. The van der Waals surface area contributed by atoms with Crippen LogP contribution in [0.4, 0.5) is 0 Å². The van der Waals surface area contributed by atoms with Crippen molar-refractivity contribution >= 4 is 32.9 Å². The van der Waals surface area contributed by atoms with Gasteiger partial charge in [0.2, 0.25) is 0 Å². The van der Waals surface area contributed by atoms with Crippen LogP contribution in [0.5, 0.6) is 11.5 Å². The molecular weight excluding hydrogens is 426 g/mol. The first-order valence-corrected chi connectivity index (χ1v) is 10.8. The van der Waals surface area contributed by atoms with E-state index >= 15 is 0 Å². The monoisotopic (exact) mass is 447 g/mol. The van der Waals surface area contributed by atoms with E-state index in [-0.39, 0.29) is 12.1 Å². The lowest BCUT2D eigenvalue weighted by molar-refractivity contribution is 0.246. The van der Waals surface area contributed by atoms with Crippen molar-refractivity contribution in [2.24, 2.45) is 4.99 Å². The third kappa shape index (κ3) is 3.21. The molecule has 0 bridgehead atoms. The van der Waals surface area contributed by atoms with Gasteiger partial charge in [0.05, 0.1) is 26.0 Å². The molecule has 2 aliphatic rings. The van der Waals surface area contributed by atoms with Gasteiger partial charge >= 0.3 is 0 Å². The first-order valence-electron chi connectivity index (χ1n) is 8.99. The van der Waals surface area contributed by atoms with Gasteiger partial charge in [-0.3, -0.25) is 9.98 Å². The Bertz CT molecular complexity index is 862. The lowest BCUT2D eigenvalue weighted by Gasteiger charge is -2.33. The largest absolute Gasteiger partial charge is 0.493 e. The highest BCUT2D eigenvalue weighted by Crippen LogP contribution is 2.52. The number of hydrogen-bond acceptors (Lipinski definition) is 6. The van der Waals surface area contributed by atoms with Crippen LogP contribution in [0, 0.1) is 0 Å². The van der Waals surface area contributed by atoms with E-state index in [1.165, 1.54) is 0 Å². The van der Waals surface area contributed by atoms with Gasteiger partial charge in [-0.15, -0.1) is 0 Å².